The molecule has 1 atom stereocenters. The number of nitrogens with one attached hydrogen (secondary N) is 1. The molecule has 0 radical (unpaired) electrons. The molecule has 0 heterocycles. The van der Waals surface area contributed by atoms with E-state index < -0.39 is 10.0 Å². The summed E-state index contributed by atoms with van der Waals surface area (Å²) < 4.78 is 28.3. The van der Waals surface area contributed by atoms with Crippen LogP contribution in [-0.4, -0.2) is 13.7 Å². The van der Waals surface area contributed by atoms with Crippen LogP contribution in [0.2, 0.25) is 0 Å². The van der Waals surface area contributed by atoms with Gasteiger partial charge in [0.05, 0.1) is 5.25 Å². The second kappa shape index (κ2) is 6.58. The molecular formula is C21H25NO2S. The van der Waals surface area contributed by atoms with E-state index in [9.17, 15) is 8.42 Å². The van der Waals surface area contributed by atoms with Gasteiger partial charge in [-0.15, -0.1) is 0 Å². The van der Waals surface area contributed by atoms with E-state index in [1.54, 1.807) is 0 Å². The monoisotopic (exact) mass is 355 g/mol. The number of fused-ring (bicyclic) bond motifs is 3. The molecule has 2 aliphatic rings. The molecule has 2 aliphatic carbocycles. The standard InChI is InChI=1S/C21H25NO2S/c1-15(22-25(23,24)19-8-3-2-4-9-19)16-11-12-21-18(13-16)14-17-7-5-6-10-20(17)21/h5-7,10-13,15,19,22H,2-4,8-9,14H2,1H3/t15-/m1/s1. The fraction of sp³-hybridized carbons (Fsp3) is 0.429. The van der Waals surface area contributed by atoms with Gasteiger partial charge < -0.3 is 0 Å². The van der Waals surface area contributed by atoms with E-state index in [1.165, 1.54) is 22.3 Å². The Hall–Kier alpha value is -1.65. The Kier molecular flexibility index (Phi) is 4.42. The van der Waals surface area contributed by atoms with Gasteiger partial charge in [-0.1, -0.05) is 61.7 Å². The van der Waals surface area contributed by atoms with Gasteiger partial charge in [-0.3, -0.25) is 0 Å². The number of hydrogen-bond acceptors (Lipinski definition) is 2. The largest absolute Gasteiger partial charge is 0.215 e. The molecule has 25 heavy (non-hydrogen) atoms. The number of sulfonamides is 1. The summed E-state index contributed by atoms with van der Waals surface area (Å²) in [6, 6.07) is 14.7. The van der Waals surface area contributed by atoms with Gasteiger partial charge in [0.1, 0.15) is 0 Å². The van der Waals surface area contributed by atoms with Crippen molar-refractivity contribution in [3.63, 3.8) is 0 Å². The Balaban J connectivity index is 1.54. The number of hydrogen-bond donors (Lipinski definition) is 1. The Morgan fingerprint density at radius 2 is 1.68 bits per heavy atom. The Morgan fingerprint density at radius 1 is 0.960 bits per heavy atom. The van der Waals surface area contributed by atoms with Crippen molar-refractivity contribution in [2.24, 2.45) is 0 Å². The van der Waals surface area contributed by atoms with Gasteiger partial charge in [0.25, 0.3) is 0 Å². The molecule has 0 saturated heterocycles. The highest BCUT2D eigenvalue weighted by atomic mass is 32.2. The van der Waals surface area contributed by atoms with Crippen molar-refractivity contribution in [3.8, 4) is 11.1 Å². The summed E-state index contributed by atoms with van der Waals surface area (Å²) in [5, 5.41) is -0.220. The van der Waals surface area contributed by atoms with Crippen molar-refractivity contribution >= 4 is 10.0 Å². The Bertz CT molecular complexity index is 883. The molecule has 2 aromatic carbocycles. The van der Waals surface area contributed by atoms with Crippen LogP contribution >= 0.6 is 0 Å². The Morgan fingerprint density at radius 3 is 2.48 bits per heavy atom. The fourth-order valence-electron chi connectivity index (χ4n) is 4.22. The second-order valence-electron chi connectivity index (χ2n) is 7.40. The van der Waals surface area contributed by atoms with Gasteiger partial charge in [0, 0.05) is 6.04 Å². The number of rotatable bonds is 4. The van der Waals surface area contributed by atoms with Crippen LogP contribution in [0.25, 0.3) is 11.1 Å². The lowest BCUT2D eigenvalue weighted by atomic mass is 10.0. The third-order valence-corrected chi connectivity index (χ3v) is 7.68. The van der Waals surface area contributed by atoms with E-state index in [2.05, 4.69) is 47.2 Å². The van der Waals surface area contributed by atoms with Gasteiger partial charge in [0.15, 0.2) is 0 Å². The molecule has 1 N–H and O–H groups in total. The van der Waals surface area contributed by atoms with E-state index >= 15 is 0 Å². The first-order chi connectivity index (χ1) is 12.0. The van der Waals surface area contributed by atoms with E-state index in [0.717, 1.165) is 44.1 Å². The van der Waals surface area contributed by atoms with Gasteiger partial charge in [0.2, 0.25) is 10.0 Å². The minimum Gasteiger partial charge on any atom is -0.212 e. The molecule has 0 aromatic heterocycles. The SMILES string of the molecule is C[C@@H](NS(=O)(=O)C1CCCCC1)c1ccc2c(c1)Cc1ccccc1-2. The molecule has 0 bridgehead atoms. The van der Waals surface area contributed by atoms with Crippen LogP contribution in [0.1, 0.15) is 61.8 Å². The molecule has 3 nitrogen and oxygen atoms in total. The van der Waals surface area contributed by atoms with Crippen molar-refractivity contribution in [3.05, 3.63) is 59.2 Å². The molecule has 1 fully saturated rings. The van der Waals surface area contributed by atoms with Crippen LogP contribution in [0.3, 0.4) is 0 Å². The maximum atomic E-state index is 12.7. The van der Waals surface area contributed by atoms with Gasteiger partial charge in [-0.25, -0.2) is 13.1 Å². The third kappa shape index (κ3) is 3.25. The smallest absolute Gasteiger partial charge is 0.212 e. The highest BCUT2D eigenvalue weighted by Gasteiger charge is 2.29. The van der Waals surface area contributed by atoms with Crippen LogP contribution in [-0.2, 0) is 16.4 Å². The first kappa shape index (κ1) is 16.8. The van der Waals surface area contributed by atoms with E-state index in [0.29, 0.717) is 0 Å². The van der Waals surface area contributed by atoms with Crippen molar-refractivity contribution in [2.45, 2.75) is 56.7 Å². The molecule has 0 spiro atoms. The second-order valence-corrected chi connectivity index (χ2v) is 9.39. The zero-order valence-corrected chi connectivity index (χ0v) is 15.5. The predicted octanol–water partition coefficient (Wildman–Crippen LogP) is 4.57. The summed E-state index contributed by atoms with van der Waals surface area (Å²) >= 11 is 0. The summed E-state index contributed by atoms with van der Waals surface area (Å²) in [5.74, 6) is 0. The van der Waals surface area contributed by atoms with Crippen molar-refractivity contribution in [1.29, 1.82) is 0 Å². The van der Waals surface area contributed by atoms with E-state index in [-0.39, 0.29) is 11.3 Å². The highest BCUT2D eigenvalue weighted by molar-refractivity contribution is 7.90. The lowest BCUT2D eigenvalue weighted by Gasteiger charge is -2.24. The van der Waals surface area contributed by atoms with E-state index in [4.69, 9.17) is 0 Å². The molecule has 0 amide bonds. The van der Waals surface area contributed by atoms with Gasteiger partial charge in [-0.05, 0) is 54.0 Å². The first-order valence-electron chi connectivity index (χ1n) is 9.27. The summed E-state index contributed by atoms with van der Waals surface area (Å²) in [6.07, 6.45) is 5.73. The first-order valence-corrected chi connectivity index (χ1v) is 10.8. The predicted molar refractivity (Wildman–Crippen MR) is 102 cm³/mol. The minimum absolute atomic E-state index is 0.194. The van der Waals surface area contributed by atoms with Gasteiger partial charge >= 0.3 is 0 Å². The minimum atomic E-state index is -3.25. The van der Waals surface area contributed by atoms with Crippen molar-refractivity contribution < 1.29 is 8.42 Å². The normalized spacial score (nSPS) is 18.6. The van der Waals surface area contributed by atoms with Crippen LogP contribution in [0, 0.1) is 0 Å². The lowest BCUT2D eigenvalue weighted by molar-refractivity contribution is 0.473. The van der Waals surface area contributed by atoms with Crippen LogP contribution in [0.4, 0.5) is 0 Å². The quantitative estimate of drug-likeness (QED) is 0.745. The van der Waals surface area contributed by atoms with Gasteiger partial charge in [-0.2, -0.15) is 0 Å². The maximum Gasteiger partial charge on any atom is 0.215 e. The maximum absolute atomic E-state index is 12.7. The molecular weight excluding hydrogens is 330 g/mol. The lowest BCUT2D eigenvalue weighted by Crippen LogP contribution is -2.37. The highest BCUT2D eigenvalue weighted by Crippen LogP contribution is 2.37. The molecule has 0 aliphatic heterocycles. The summed E-state index contributed by atoms with van der Waals surface area (Å²) in [7, 11) is -3.25. The molecule has 4 rings (SSSR count). The molecule has 132 valence electrons. The van der Waals surface area contributed by atoms with Crippen molar-refractivity contribution in [2.75, 3.05) is 0 Å². The summed E-state index contributed by atoms with van der Waals surface area (Å²) in [6.45, 7) is 1.95. The average molecular weight is 356 g/mol. The summed E-state index contributed by atoms with van der Waals surface area (Å²) in [4.78, 5) is 0. The average Bonchev–Trinajstić information content (AvgIpc) is 3.00. The zero-order chi connectivity index (χ0) is 17.4. The number of benzene rings is 2. The molecule has 1 saturated carbocycles. The Labute approximate surface area is 150 Å². The van der Waals surface area contributed by atoms with Crippen molar-refractivity contribution in [1.82, 2.24) is 4.72 Å². The third-order valence-electron chi connectivity index (χ3n) is 5.65. The topological polar surface area (TPSA) is 46.2 Å². The summed E-state index contributed by atoms with van der Waals surface area (Å²) in [5.41, 5.74) is 6.28. The zero-order valence-electron chi connectivity index (χ0n) is 14.7. The van der Waals surface area contributed by atoms with Crippen LogP contribution < -0.4 is 4.72 Å². The fourth-order valence-corrected chi connectivity index (χ4v) is 6.00. The van der Waals surface area contributed by atoms with Crippen LogP contribution in [0.5, 0.6) is 0 Å². The van der Waals surface area contributed by atoms with Crippen LogP contribution in [0.15, 0.2) is 42.5 Å². The molecule has 0 unspecified atom stereocenters. The molecule has 2 aromatic rings. The molecule has 4 heteroatoms. The van der Waals surface area contributed by atoms with E-state index in [1.807, 2.05) is 6.92 Å².